The van der Waals surface area contributed by atoms with Crippen molar-refractivity contribution in [3.8, 4) is 0 Å². The number of aromatic nitrogens is 2. The van der Waals surface area contributed by atoms with Crippen LogP contribution in [0.4, 0.5) is 5.95 Å². The molecule has 1 rings (SSSR count). The summed E-state index contributed by atoms with van der Waals surface area (Å²) in [5.74, 6) is 2.85. The Morgan fingerprint density at radius 2 is 2.36 bits per heavy atom. The van der Waals surface area contributed by atoms with E-state index in [4.69, 9.17) is 0 Å². The van der Waals surface area contributed by atoms with Crippen LogP contribution in [0.25, 0.3) is 0 Å². The topological polar surface area (TPSA) is 29.9 Å². The van der Waals surface area contributed by atoms with E-state index >= 15 is 0 Å². The van der Waals surface area contributed by atoms with Crippen molar-refractivity contribution in [3.63, 3.8) is 0 Å². The van der Waals surface area contributed by atoms with Gasteiger partial charge in [-0.2, -0.15) is 11.8 Å². The second-order valence-corrected chi connectivity index (χ2v) is 4.58. The second kappa shape index (κ2) is 5.29. The first kappa shape index (κ1) is 11.4. The molecule has 0 aliphatic heterocycles. The molecule has 0 bridgehead atoms. The van der Waals surface area contributed by atoms with E-state index in [0.717, 1.165) is 18.2 Å². The molecule has 0 spiro atoms. The van der Waals surface area contributed by atoms with E-state index in [9.17, 15) is 0 Å². The summed E-state index contributed by atoms with van der Waals surface area (Å²) >= 11 is 1.90. The Labute approximate surface area is 90.3 Å². The Morgan fingerprint density at radius 3 is 2.93 bits per heavy atom. The summed E-state index contributed by atoms with van der Waals surface area (Å²) in [7, 11) is 1.91. The fourth-order valence-corrected chi connectivity index (χ4v) is 2.23. The minimum Gasteiger partial charge on any atom is -0.359 e. The molecule has 0 fully saturated rings. The highest BCUT2D eigenvalue weighted by Gasteiger charge is 2.07. The van der Waals surface area contributed by atoms with Crippen molar-refractivity contribution >= 4 is 17.7 Å². The summed E-state index contributed by atoms with van der Waals surface area (Å²) in [4.78, 5) is 4.39. The van der Waals surface area contributed by atoms with Gasteiger partial charge in [-0.1, -0.05) is 6.92 Å². The molecule has 1 unspecified atom stereocenters. The number of hydrogen-bond acceptors (Lipinski definition) is 3. The van der Waals surface area contributed by atoms with Crippen molar-refractivity contribution in [2.45, 2.75) is 20.4 Å². The van der Waals surface area contributed by atoms with Crippen molar-refractivity contribution in [1.82, 2.24) is 9.55 Å². The number of aryl methyl sites for hydroxylation is 1. The average Bonchev–Trinajstić information content (AvgIpc) is 2.46. The molecule has 3 nitrogen and oxygen atoms in total. The van der Waals surface area contributed by atoms with Gasteiger partial charge >= 0.3 is 0 Å². The number of nitrogens with one attached hydrogen (secondary N) is 1. The van der Waals surface area contributed by atoms with Gasteiger partial charge in [0, 0.05) is 19.8 Å². The molecule has 0 aliphatic carbocycles. The molecule has 0 amide bonds. The number of rotatable bonds is 5. The minimum atomic E-state index is 0.686. The maximum atomic E-state index is 4.39. The van der Waals surface area contributed by atoms with Crippen LogP contribution < -0.4 is 5.32 Å². The third kappa shape index (κ3) is 2.94. The molecule has 0 aromatic carbocycles. The zero-order valence-corrected chi connectivity index (χ0v) is 10.2. The molecule has 80 valence electrons. The van der Waals surface area contributed by atoms with Gasteiger partial charge in [0.2, 0.25) is 5.95 Å². The van der Waals surface area contributed by atoms with E-state index in [1.165, 1.54) is 5.75 Å². The van der Waals surface area contributed by atoms with Crippen LogP contribution in [-0.4, -0.2) is 28.6 Å². The summed E-state index contributed by atoms with van der Waals surface area (Å²) in [6.45, 7) is 5.33. The molecule has 0 saturated heterocycles. The lowest BCUT2D eigenvalue weighted by Gasteiger charge is -2.12. The Kier molecular flexibility index (Phi) is 4.32. The Bertz CT molecular complexity index is 283. The van der Waals surface area contributed by atoms with E-state index in [1.807, 2.05) is 25.7 Å². The van der Waals surface area contributed by atoms with Crippen molar-refractivity contribution < 1.29 is 0 Å². The van der Waals surface area contributed by atoms with Crippen LogP contribution in [0.3, 0.4) is 0 Å². The number of anilines is 1. The molecular weight excluding hydrogens is 194 g/mol. The lowest BCUT2D eigenvalue weighted by atomic mass is 10.2. The summed E-state index contributed by atoms with van der Waals surface area (Å²) in [6.07, 6.45) is 4.25. The summed E-state index contributed by atoms with van der Waals surface area (Å²) < 4.78 is 2.19. The molecule has 4 heteroatoms. The van der Waals surface area contributed by atoms with Crippen LogP contribution in [0.15, 0.2) is 6.20 Å². The first-order valence-electron chi connectivity index (χ1n) is 4.87. The van der Waals surface area contributed by atoms with Gasteiger partial charge in [0.05, 0.1) is 5.69 Å². The monoisotopic (exact) mass is 213 g/mol. The van der Waals surface area contributed by atoms with Crippen LogP contribution >= 0.6 is 11.8 Å². The van der Waals surface area contributed by atoms with Gasteiger partial charge in [0.25, 0.3) is 0 Å². The van der Waals surface area contributed by atoms with Gasteiger partial charge in [-0.15, -0.1) is 0 Å². The van der Waals surface area contributed by atoms with Crippen molar-refractivity contribution in [3.05, 3.63) is 11.9 Å². The van der Waals surface area contributed by atoms with Crippen LogP contribution in [0.5, 0.6) is 0 Å². The van der Waals surface area contributed by atoms with Crippen LogP contribution in [0.1, 0.15) is 12.6 Å². The predicted molar refractivity (Wildman–Crippen MR) is 64.1 cm³/mol. The smallest absolute Gasteiger partial charge is 0.202 e. The first-order valence-corrected chi connectivity index (χ1v) is 6.27. The van der Waals surface area contributed by atoms with Gasteiger partial charge in [-0.25, -0.2) is 4.98 Å². The second-order valence-electron chi connectivity index (χ2n) is 3.67. The molecule has 1 aromatic rings. The summed E-state index contributed by atoms with van der Waals surface area (Å²) in [5.41, 5.74) is 1.07. The molecular formula is C10H19N3S. The number of nitrogens with zero attached hydrogens (tertiary/aromatic N) is 2. The van der Waals surface area contributed by atoms with E-state index in [1.54, 1.807) is 0 Å². The quantitative estimate of drug-likeness (QED) is 0.813. The molecule has 0 saturated carbocycles. The number of imidazole rings is 1. The molecule has 0 radical (unpaired) electrons. The SMILES string of the molecule is CNc1nc(C)cn1CC(C)CSC. The van der Waals surface area contributed by atoms with Crippen molar-refractivity contribution in [2.24, 2.45) is 5.92 Å². The zero-order chi connectivity index (χ0) is 10.6. The van der Waals surface area contributed by atoms with E-state index < -0.39 is 0 Å². The van der Waals surface area contributed by atoms with Gasteiger partial charge in [0.1, 0.15) is 0 Å². The van der Waals surface area contributed by atoms with Crippen LogP contribution in [-0.2, 0) is 6.54 Å². The number of hydrogen-bond donors (Lipinski definition) is 1. The van der Waals surface area contributed by atoms with E-state index in [-0.39, 0.29) is 0 Å². The Morgan fingerprint density at radius 1 is 1.64 bits per heavy atom. The van der Waals surface area contributed by atoms with Gasteiger partial charge < -0.3 is 9.88 Å². The van der Waals surface area contributed by atoms with Crippen molar-refractivity contribution in [2.75, 3.05) is 24.4 Å². The zero-order valence-electron chi connectivity index (χ0n) is 9.37. The highest BCUT2D eigenvalue weighted by Crippen LogP contribution is 2.13. The van der Waals surface area contributed by atoms with Gasteiger partial charge in [0.15, 0.2) is 0 Å². The average molecular weight is 213 g/mol. The molecule has 1 heterocycles. The summed E-state index contributed by atoms with van der Waals surface area (Å²) in [6, 6.07) is 0. The van der Waals surface area contributed by atoms with Crippen LogP contribution in [0, 0.1) is 12.8 Å². The fraction of sp³-hybridized carbons (Fsp3) is 0.700. The van der Waals surface area contributed by atoms with E-state index in [2.05, 4.69) is 34.2 Å². The van der Waals surface area contributed by atoms with E-state index in [0.29, 0.717) is 5.92 Å². The Hall–Kier alpha value is -0.640. The highest BCUT2D eigenvalue weighted by molar-refractivity contribution is 7.98. The molecule has 1 atom stereocenters. The maximum Gasteiger partial charge on any atom is 0.202 e. The lowest BCUT2D eigenvalue weighted by Crippen LogP contribution is -2.11. The van der Waals surface area contributed by atoms with Gasteiger partial charge in [-0.3, -0.25) is 0 Å². The third-order valence-corrected chi connectivity index (χ3v) is 2.98. The largest absolute Gasteiger partial charge is 0.359 e. The maximum absolute atomic E-state index is 4.39. The fourth-order valence-electron chi connectivity index (χ4n) is 1.56. The standard InChI is InChI=1S/C10H19N3S/c1-8(7-14-4)5-13-6-9(2)12-10(13)11-3/h6,8H,5,7H2,1-4H3,(H,11,12). The minimum absolute atomic E-state index is 0.686. The normalized spacial score (nSPS) is 12.9. The molecule has 1 N–H and O–H groups in total. The predicted octanol–water partition coefficient (Wildman–Crippen LogP) is 2.23. The van der Waals surface area contributed by atoms with Crippen LogP contribution in [0.2, 0.25) is 0 Å². The Balaban J connectivity index is 2.65. The summed E-state index contributed by atoms with van der Waals surface area (Å²) in [5, 5.41) is 3.11. The lowest BCUT2D eigenvalue weighted by molar-refractivity contribution is 0.535. The number of thioether (sulfide) groups is 1. The van der Waals surface area contributed by atoms with Crippen molar-refractivity contribution in [1.29, 1.82) is 0 Å². The molecule has 1 aromatic heterocycles. The molecule has 14 heavy (non-hydrogen) atoms. The highest BCUT2D eigenvalue weighted by atomic mass is 32.2. The third-order valence-electron chi connectivity index (χ3n) is 2.08. The first-order chi connectivity index (χ1) is 6.67. The van der Waals surface area contributed by atoms with Gasteiger partial charge in [-0.05, 0) is 24.9 Å². The molecule has 0 aliphatic rings.